The molecule has 2 aromatic rings. The summed E-state index contributed by atoms with van der Waals surface area (Å²) >= 11 is 0. The van der Waals surface area contributed by atoms with E-state index >= 15 is 0 Å². The highest BCUT2D eigenvalue weighted by Gasteiger charge is 2.27. The van der Waals surface area contributed by atoms with Crippen molar-refractivity contribution in [2.24, 2.45) is 0 Å². The summed E-state index contributed by atoms with van der Waals surface area (Å²) in [4.78, 5) is 22.0. The van der Waals surface area contributed by atoms with Gasteiger partial charge in [-0.25, -0.2) is 4.98 Å². The van der Waals surface area contributed by atoms with Crippen LogP contribution in [0.4, 0.5) is 0 Å². The fourth-order valence-corrected chi connectivity index (χ4v) is 2.12. The number of fused-ring (bicyclic) bond motifs is 1. The second-order valence-corrected chi connectivity index (χ2v) is 4.03. The molecule has 1 aliphatic rings. The number of ether oxygens (including phenoxy) is 1. The third kappa shape index (κ3) is 1.63. The SMILES string of the molecule is O=c1nc[nH]c2c1ncn2[C@H]1CCC(CO)O1. The molecule has 2 aromatic heterocycles. The first-order chi connectivity index (χ1) is 8.29. The Morgan fingerprint density at radius 3 is 3.18 bits per heavy atom. The molecule has 0 radical (unpaired) electrons. The fraction of sp³-hybridized carbons (Fsp3) is 0.500. The predicted molar refractivity (Wildman–Crippen MR) is 58.4 cm³/mol. The number of nitrogens with one attached hydrogen (secondary N) is 1. The lowest BCUT2D eigenvalue weighted by molar-refractivity contribution is -0.0207. The Morgan fingerprint density at radius 2 is 2.41 bits per heavy atom. The summed E-state index contributed by atoms with van der Waals surface area (Å²) in [5, 5.41) is 9.02. The highest BCUT2D eigenvalue weighted by molar-refractivity contribution is 5.68. The molecule has 0 saturated carbocycles. The van der Waals surface area contributed by atoms with Crippen LogP contribution in [-0.4, -0.2) is 37.3 Å². The maximum absolute atomic E-state index is 11.4. The Morgan fingerprint density at radius 1 is 1.53 bits per heavy atom. The molecule has 3 rings (SSSR count). The van der Waals surface area contributed by atoms with E-state index in [1.54, 1.807) is 10.9 Å². The summed E-state index contributed by atoms with van der Waals surface area (Å²) in [6.45, 7) is 0.0151. The van der Waals surface area contributed by atoms with Gasteiger partial charge < -0.3 is 14.8 Å². The highest BCUT2D eigenvalue weighted by atomic mass is 16.5. The molecule has 3 heterocycles. The van der Waals surface area contributed by atoms with Gasteiger partial charge in [0, 0.05) is 0 Å². The van der Waals surface area contributed by atoms with Gasteiger partial charge in [-0.05, 0) is 12.8 Å². The van der Waals surface area contributed by atoms with Crippen LogP contribution in [0.1, 0.15) is 19.1 Å². The van der Waals surface area contributed by atoms with E-state index < -0.39 is 0 Å². The molecular formula is C10H12N4O3. The van der Waals surface area contributed by atoms with Crippen LogP contribution in [-0.2, 0) is 4.74 Å². The van der Waals surface area contributed by atoms with Crippen LogP contribution in [0.5, 0.6) is 0 Å². The highest BCUT2D eigenvalue weighted by Crippen LogP contribution is 2.29. The molecule has 2 N–H and O–H groups in total. The van der Waals surface area contributed by atoms with Crippen LogP contribution in [0.3, 0.4) is 0 Å². The second kappa shape index (κ2) is 3.94. The van der Waals surface area contributed by atoms with E-state index in [0.29, 0.717) is 11.2 Å². The average molecular weight is 236 g/mol. The number of aliphatic hydroxyl groups excluding tert-OH is 1. The van der Waals surface area contributed by atoms with E-state index in [0.717, 1.165) is 12.8 Å². The molecule has 0 aromatic carbocycles. The van der Waals surface area contributed by atoms with E-state index in [9.17, 15) is 4.79 Å². The van der Waals surface area contributed by atoms with Gasteiger partial charge in [-0.15, -0.1) is 0 Å². The third-order valence-corrected chi connectivity index (χ3v) is 2.98. The van der Waals surface area contributed by atoms with Gasteiger partial charge in [0.05, 0.1) is 25.4 Å². The van der Waals surface area contributed by atoms with Crippen LogP contribution in [0, 0.1) is 0 Å². The average Bonchev–Trinajstić information content (AvgIpc) is 2.94. The summed E-state index contributed by atoms with van der Waals surface area (Å²) in [5.41, 5.74) is 0.561. The zero-order valence-corrected chi connectivity index (χ0v) is 9.04. The van der Waals surface area contributed by atoms with Gasteiger partial charge in [-0.3, -0.25) is 9.36 Å². The monoisotopic (exact) mass is 236 g/mol. The number of hydrogen-bond donors (Lipinski definition) is 2. The van der Waals surface area contributed by atoms with Crippen molar-refractivity contribution in [2.75, 3.05) is 6.61 Å². The number of aromatic nitrogens is 4. The van der Waals surface area contributed by atoms with Crippen molar-refractivity contribution in [3.8, 4) is 0 Å². The zero-order valence-electron chi connectivity index (χ0n) is 9.04. The number of imidazole rings is 1. The molecule has 17 heavy (non-hydrogen) atoms. The molecule has 0 spiro atoms. The fourth-order valence-electron chi connectivity index (χ4n) is 2.12. The summed E-state index contributed by atoms with van der Waals surface area (Å²) in [6, 6.07) is 0. The van der Waals surface area contributed by atoms with E-state index in [1.807, 2.05) is 0 Å². The second-order valence-electron chi connectivity index (χ2n) is 4.03. The quantitative estimate of drug-likeness (QED) is 0.752. The molecule has 0 bridgehead atoms. The molecule has 7 nitrogen and oxygen atoms in total. The third-order valence-electron chi connectivity index (χ3n) is 2.98. The Balaban J connectivity index is 2.02. The summed E-state index contributed by atoms with van der Waals surface area (Å²) in [7, 11) is 0. The van der Waals surface area contributed by atoms with Crippen molar-refractivity contribution < 1.29 is 9.84 Å². The normalized spacial score (nSPS) is 24.5. The molecular weight excluding hydrogens is 224 g/mol. The molecule has 1 aliphatic heterocycles. The first-order valence-corrected chi connectivity index (χ1v) is 5.46. The lowest BCUT2D eigenvalue weighted by Gasteiger charge is -2.13. The van der Waals surface area contributed by atoms with E-state index in [4.69, 9.17) is 9.84 Å². The number of hydrogen-bond acceptors (Lipinski definition) is 5. The minimum absolute atomic E-state index is 0.0151. The summed E-state index contributed by atoms with van der Waals surface area (Å²) in [6.07, 6.45) is 4.19. The van der Waals surface area contributed by atoms with E-state index in [1.165, 1.54) is 6.33 Å². The number of aliphatic hydroxyl groups is 1. The Hall–Kier alpha value is -1.73. The minimum atomic E-state index is -0.353. The van der Waals surface area contributed by atoms with Crippen LogP contribution in [0.15, 0.2) is 17.4 Å². The summed E-state index contributed by atoms with van der Waals surface area (Å²) in [5.74, 6) is 0. The number of rotatable bonds is 2. The predicted octanol–water partition coefficient (Wildman–Crippen LogP) is -0.211. The van der Waals surface area contributed by atoms with Crippen LogP contribution in [0.2, 0.25) is 0 Å². The topological polar surface area (TPSA) is 93.0 Å². The maximum Gasteiger partial charge on any atom is 0.300 e. The van der Waals surface area contributed by atoms with Crippen molar-refractivity contribution in [1.82, 2.24) is 19.5 Å². The summed E-state index contributed by atoms with van der Waals surface area (Å²) < 4.78 is 7.41. The van der Waals surface area contributed by atoms with Crippen molar-refractivity contribution in [3.05, 3.63) is 23.0 Å². The van der Waals surface area contributed by atoms with Gasteiger partial charge >= 0.3 is 5.56 Å². The van der Waals surface area contributed by atoms with Crippen molar-refractivity contribution >= 4 is 11.2 Å². The van der Waals surface area contributed by atoms with Gasteiger partial charge in [0.15, 0.2) is 5.52 Å². The molecule has 0 amide bonds. The first kappa shape index (κ1) is 10.4. The lowest BCUT2D eigenvalue weighted by atomic mass is 10.2. The van der Waals surface area contributed by atoms with Gasteiger partial charge in [-0.2, -0.15) is 4.98 Å². The number of aromatic amines is 1. The van der Waals surface area contributed by atoms with Crippen LogP contribution < -0.4 is 5.56 Å². The van der Waals surface area contributed by atoms with Crippen molar-refractivity contribution in [1.29, 1.82) is 0 Å². The van der Waals surface area contributed by atoms with Gasteiger partial charge in [0.1, 0.15) is 11.9 Å². The van der Waals surface area contributed by atoms with Crippen molar-refractivity contribution in [2.45, 2.75) is 25.2 Å². The molecule has 90 valence electrons. The zero-order chi connectivity index (χ0) is 11.8. The Kier molecular flexibility index (Phi) is 2.41. The first-order valence-electron chi connectivity index (χ1n) is 5.46. The van der Waals surface area contributed by atoms with Crippen molar-refractivity contribution in [3.63, 3.8) is 0 Å². The largest absolute Gasteiger partial charge is 0.394 e. The van der Waals surface area contributed by atoms with Gasteiger partial charge in [-0.1, -0.05) is 0 Å². The maximum atomic E-state index is 11.4. The van der Waals surface area contributed by atoms with Gasteiger partial charge in [0.25, 0.3) is 0 Å². The molecule has 7 heteroatoms. The van der Waals surface area contributed by atoms with E-state index in [-0.39, 0.29) is 24.5 Å². The van der Waals surface area contributed by atoms with Gasteiger partial charge in [0.2, 0.25) is 0 Å². The molecule has 1 unspecified atom stereocenters. The van der Waals surface area contributed by atoms with Crippen LogP contribution in [0.25, 0.3) is 11.2 Å². The standard InChI is InChI=1S/C10H12N4O3/c15-3-6-1-2-7(17-6)14-5-13-8-9(14)11-4-12-10(8)16/h4-7,15H,1-3H2,(H,11,12,16)/t6?,7-/m1/s1. The number of H-pyrrole nitrogens is 1. The molecule has 1 saturated heterocycles. The molecule has 1 fully saturated rings. The van der Waals surface area contributed by atoms with E-state index in [2.05, 4.69) is 15.0 Å². The Labute approximate surface area is 96.1 Å². The molecule has 0 aliphatic carbocycles. The lowest BCUT2D eigenvalue weighted by Crippen LogP contribution is -2.14. The smallest absolute Gasteiger partial charge is 0.300 e. The Bertz CT molecular complexity index is 590. The van der Waals surface area contributed by atoms with Crippen LogP contribution >= 0.6 is 0 Å². The minimum Gasteiger partial charge on any atom is -0.394 e. The number of nitrogens with zero attached hydrogens (tertiary/aromatic N) is 3. The molecule has 2 atom stereocenters.